The van der Waals surface area contributed by atoms with Gasteiger partial charge < -0.3 is 47.7 Å². The number of ether oxygens (including phenoxy) is 6. The lowest BCUT2D eigenvalue weighted by molar-refractivity contribution is -0.223. The van der Waals surface area contributed by atoms with E-state index in [1.807, 2.05) is 0 Å². The van der Waals surface area contributed by atoms with Crippen molar-refractivity contribution in [3.8, 4) is 0 Å². The second-order valence-electron chi connectivity index (χ2n) is 9.50. The molecule has 16 nitrogen and oxygen atoms in total. The fourth-order valence-corrected chi connectivity index (χ4v) is 5.63. The highest BCUT2D eigenvalue weighted by atomic mass is 32.2. The third-order valence-electron chi connectivity index (χ3n) is 6.21. The molecule has 1 saturated carbocycles. The van der Waals surface area contributed by atoms with Gasteiger partial charge in [-0.05, 0) is 18.6 Å². The second-order valence-corrected chi connectivity index (χ2v) is 12.3. The molecule has 18 heteroatoms. The van der Waals surface area contributed by atoms with Crippen LogP contribution in [0.1, 0.15) is 39.5 Å². The van der Waals surface area contributed by atoms with E-state index >= 15 is 0 Å². The minimum atomic E-state index is -4.22. The molecule has 1 rings (SSSR count). The molecule has 1 fully saturated rings. The number of rotatable bonds is 26. The Hall–Kier alpha value is -1.82. The maximum atomic E-state index is 13.2. The lowest BCUT2D eigenvalue weighted by Gasteiger charge is -2.22. The molecule has 45 heavy (non-hydrogen) atoms. The predicted molar refractivity (Wildman–Crippen MR) is 163 cm³/mol. The number of alkyl carbamates (subject to hydrolysis) is 2. The van der Waals surface area contributed by atoms with Gasteiger partial charge in [-0.15, -0.1) is 0 Å². The van der Waals surface area contributed by atoms with Gasteiger partial charge in [-0.2, -0.15) is 11.8 Å². The van der Waals surface area contributed by atoms with Gasteiger partial charge in [0.25, 0.3) is 7.82 Å². The molecule has 2 N–H and O–H groups in total. The Morgan fingerprint density at radius 3 is 2.16 bits per heavy atom. The van der Waals surface area contributed by atoms with Crippen LogP contribution in [0.4, 0.5) is 9.59 Å². The van der Waals surface area contributed by atoms with E-state index < -0.39 is 37.1 Å². The van der Waals surface area contributed by atoms with Gasteiger partial charge in [0.2, 0.25) is 0 Å². The molecule has 0 heterocycles. The van der Waals surface area contributed by atoms with Gasteiger partial charge in [-0.1, -0.05) is 20.3 Å². The van der Waals surface area contributed by atoms with Crippen LogP contribution in [0.15, 0.2) is 0 Å². The van der Waals surface area contributed by atoms with Crippen molar-refractivity contribution in [1.29, 1.82) is 0 Å². The van der Waals surface area contributed by atoms with E-state index in [0.29, 0.717) is 32.0 Å². The summed E-state index contributed by atoms with van der Waals surface area (Å²) in [5.41, 5.74) is 0. The van der Waals surface area contributed by atoms with Crippen LogP contribution in [0.25, 0.3) is 0 Å². The van der Waals surface area contributed by atoms with E-state index in [-0.39, 0.29) is 71.7 Å². The molecular weight excluding hydrogens is 639 g/mol. The number of hydrogen-bond acceptors (Lipinski definition) is 15. The summed E-state index contributed by atoms with van der Waals surface area (Å²) in [5.74, 6) is -1.96. The second kappa shape index (κ2) is 26.3. The fourth-order valence-electron chi connectivity index (χ4n) is 3.92. The van der Waals surface area contributed by atoms with Crippen LogP contribution in [0.3, 0.4) is 0 Å². The van der Waals surface area contributed by atoms with Gasteiger partial charge in [-0.3, -0.25) is 19.5 Å². The Balaban J connectivity index is 0.0000194. The summed E-state index contributed by atoms with van der Waals surface area (Å²) >= 11 is 1.37. The van der Waals surface area contributed by atoms with E-state index in [1.165, 1.54) is 18.9 Å². The number of amides is 2. The van der Waals surface area contributed by atoms with Gasteiger partial charge in [0.05, 0.1) is 50.8 Å². The molecule has 0 spiro atoms. The summed E-state index contributed by atoms with van der Waals surface area (Å²) in [4.78, 5) is 61.7. The highest BCUT2D eigenvalue weighted by Crippen LogP contribution is 2.37. The van der Waals surface area contributed by atoms with E-state index in [0.717, 1.165) is 26.4 Å². The molecule has 4 unspecified atom stereocenters. The molecule has 0 aromatic rings. The molecule has 0 aliphatic heterocycles. The summed E-state index contributed by atoms with van der Waals surface area (Å²) in [6.45, 7) is 1.05. The van der Waals surface area contributed by atoms with Crippen molar-refractivity contribution >= 4 is 43.3 Å². The Morgan fingerprint density at radius 1 is 0.889 bits per heavy atom. The van der Waals surface area contributed by atoms with Gasteiger partial charge in [0, 0.05) is 40.2 Å². The van der Waals surface area contributed by atoms with Gasteiger partial charge in [0.15, 0.2) is 5.78 Å². The zero-order valence-electron chi connectivity index (χ0n) is 25.6. The Morgan fingerprint density at radius 2 is 1.51 bits per heavy atom. The molecule has 0 bridgehead atoms. The molecule has 1 aliphatic rings. The summed E-state index contributed by atoms with van der Waals surface area (Å²) in [6.07, 6.45) is 1.24. The van der Waals surface area contributed by atoms with Crippen molar-refractivity contribution in [3.05, 3.63) is 0 Å². The number of carbonyl (C=O) groups is 4. The smallest absolute Gasteiger partial charge is 0.408 e. The number of thioether (sulfide) groups is 1. The van der Waals surface area contributed by atoms with Crippen molar-refractivity contribution in [2.75, 3.05) is 93.2 Å². The predicted octanol–water partition coefficient (Wildman–Crippen LogP) is 1.93. The van der Waals surface area contributed by atoms with Crippen LogP contribution in [0.2, 0.25) is 0 Å². The highest BCUT2D eigenvalue weighted by molar-refractivity contribution is 8.00. The largest absolute Gasteiger partial charge is 0.756 e. The number of phosphoric ester groups is 1. The van der Waals surface area contributed by atoms with Crippen molar-refractivity contribution in [3.63, 3.8) is 0 Å². The molecule has 4 atom stereocenters. The van der Waals surface area contributed by atoms with Crippen molar-refractivity contribution in [2.24, 2.45) is 11.8 Å². The van der Waals surface area contributed by atoms with Crippen LogP contribution < -0.4 is 15.5 Å². The lowest BCUT2D eigenvalue weighted by atomic mass is 9.90. The van der Waals surface area contributed by atoms with Gasteiger partial charge in [-0.25, -0.2) is 9.59 Å². The topological polar surface area (TPSA) is 206 Å². The zero-order chi connectivity index (χ0) is 32.6. The third-order valence-corrected chi connectivity index (χ3v) is 8.49. The van der Waals surface area contributed by atoms with Crippen molar-refractivity contribution in [2.45, 2.75) is 44.8 Å². The monoisotopic (exact) mass is 689 g/mol. The first-order valence-corrected chi connectivity index (χ1v) is 16.8. The number of hydrogen-bond donors (Lipinski definition) is 2. The standard InChI is InChI=1S/C26H47N2O14PS.CH4/c1-35-11-13-38-10-8-27-25(31)40-17-20(18-41-26(32)28-19-39-14-12-36-2)23-21(29)16-22(24(23)30)44-15-7-5-4-6-9-42-43(33,34)37-3;/h20,22-23H,4-19H2,1-3H3,(H,27,31)(H,28,32)(H,33,34);1H4/p-1. The van der Waals surface area contributed by atoms with Crippen molar-refractivity contribution in [1.82, 2.24) is 10.6 Å². The Bertz CT molecular complexity index is 900. The van der Waals surface area contributed by atoms with Gasteiger partial charge in [0.1, 0.15) is 25.7 Å². The number of phosphoric acid groups is 1. The Kier molecular flexibility index (Phi) is 25.2. The molecule has 0 saturated heterocycles. The molecule has 0 radical (unpaired) electrons. The lowest BCUT2D eigenvalue weighted by Crippen LogP contribution is -2.38. The van der Waals surface area contributed by atoms with Crippen LogP contribution in [-0.2, 0) is 51.6 Å². The minimum absolute atomic E-state index is 0. The van der Waals surface area contributed by atoms with E-state index in [4.69, 9.17) is 28.4 Å². The van der Waals surface area contributed by atoms with Crippen LogP contribution in [-0.4, -0.2) is 122 Å². The number of unbranched alkanes of at least 4 members (excludes halogenated alkanes) is 3. The highest BCUT2D eigenvalue weighted by Gasteiger charge is 2.46. The molecule has 264 valence electrons. The number of carbonyl (C=O) groups excluding carboxylic acids is 4. The summed E-state index contributed by atoms with van der Waals surface area (Å²) < 4.78 is 50.7. The van der Waals surface area contributed by atoms with E-state index in [2.05, 4.69) is 19.7 Å². The Labute approximate surface area is 269 Å². The van der Waals surface area contributed by atoms with E-state index in [1.54, 1.807) is 7.11 Å². The first kappa shape index (κ1) is 43.2. The van der Waals surface area contributed by atoms with Crippen LogP contribution in [0, 0.1) is 11.8 Å². The molecule has 0 aromatic carbocycles. The molecular formula is C27H50N2O14PS-. The van der Waals surface area contributed by atoms with Crippen LogP contribution in [0.5, 0.6) is 0 Å². The number of nitrogens with one attached hydrogen (secondary N) is 2. The third kappa shape index (κ3) is 20.1. The number of methoxy groups -OCH3 is 2. The van der Waals surface area contributed by atoms with Crippen LogP contribution >= 0.6 is 19.6 Å². The average molecular weight is 690 g/mol. The summed E-state index contributed by atoms with van der Waals surface area (Å²) in [6, 6.07) is 0. The average Bonchev–Trinajstić information content (AvgIpc) is 3.28. The number of Topliss-reactive ketones (excluding diaryl/α,β-unsaturated/α-hetero) is 2. The first-order chi connectivity index (χ1) is 21.1. The molecule has 2 amide bonds. The first-order valence-electron chi connectivity index (χ1n) is 14.3. The van der Waals surface area contributed by atoms with Crippen molar-refractivity contribution < 1.29 is 66.1 Å². The quantitative estimate of drug-likeness (QED) is 0.0576. The van der Waals surface area contributed by atoms with E-state index in [9.17, 15) is 28.6 Å². The van der Waals surface area contributed by atoms with Gasteiger partial charge >= 0.3 is 12.2 Å². The zero-order valence-corrected chi connectivity index (χ0v) is 27.3. The molecule has 0 aromatic heterocycles. The maximum Gasteiger partial charge on any atom is 0.408 e. The SMILES string of the molecule is C.COCCOCCNC(=O)OCC(COC(=O)NCOCCOC)C1C(=O)CC(SCCCCCCOP(=O)([O-])OC)C1=O. The maximum absolute atomic E-state index is 13.2. The molecule has 1 aliphatic carbocycles. The number of ketones is 2. The minimum Gasteiger partial charge on any atom is -0.756 e. The normalized spacial score (nSPS) is 18.1. The summed E-state index contributed by atoms with van der Waals surface area (Å²) in [5, 5.41) is 4.35. The summed E-state index contributed by atoms with van der Waals surface area (Å²) in [7, 11) is -0.128. The fraction of sp³-hybridized carbons (Fsp3) is 0.852.